The predicted octanol–water partition coefficient (Wildman–Crippen LogP) is 2.28. The van der Waals surface area contributed by atoms with Gasteiger partial charge in [0.15, 0.2) is 0 Å². The van der Waals surface area contributed by atoms with E-state index in [0.29, 0.717) is 5.02 Å². The Morgan fingerprint density at radius 3 is 2.68 bits per heavy atom. The first-order chi connectivity index (χ1) is 8.87. The summed E-state index contributed by atoms with van der Waals surface area (Å²) in [6.45, 7) is 2.04. The van der Waals surface area contributed by atoms with E-state index in [2.05, 4.69) is 4.72 Å². The molecular formula is C13H18ClNO3S. The van der Waals surface area contributed by atoms with Crippen LogP contribution in [0.1, 0.15) is 25.3 Å². The summed E-state index contributed by atoms with van der Waals surface area (Å²) in [7, 11) is -1.65. The van der Waals surface area contributed by atoms with Crippen LogP contribution in [0.3, 0.4) is 0 Å². The van der Waals surface area contributed by atoms with E-state index in [9.17, 15) is 8.42 Å². The van der Waals surface area contributed by atoms with Crippen LogP contribution in [0.25, 0.3) is 0 Å². The molecule has 1 atom stereocenters. The monoisotopic (exact) mass is 303 g/mol. The molecule has 6 heteroatoms. The van der Waals surface area contributed by atoms with Crippen LogP contribution in [0.2, 0.25) is 5.02 Å². The second-order valence-corrected chi connectivity index (χ2v) is 7.49. The van der Waals surface area contributed by atoms with Crippen LogP contribution in [0, 0.1) is 0 Å². The highest BCUT2D eigenvalue weighted by Crippen LogP contribution is 2.30. The van der Waals surface area contributed by atoms with Crippen molar-refractivity contribution >= 4 is 21.6 Å². The Labute approximate surface area is 119 Å². The van der Waals surface area contributed by atoms with Crippen molar-refractivity contribution < 1.29 is 13.2 Å². The Balaban J connectivity index is 2.14. The lowest BCUT2D eigenvalue weighted by Gasteiger charge is -2.29. The molecule has 0 aromatic heterocycles. The van der Waals surface area contributed by atoms with Crippen LogP contribution in [-0.2, 0) is 20.4 Å². The molecule has 0 spiro atoms. The number of benzene rings is 1. The first-order valence-electron chi connectivity index (χ1n) is 6.17. The largest absolute Gasteiger partial charge is 0.372 e. The molecule has 1 fully saturated rings. The molecule has 0 radical (unpaired) electrons. The van der Waals surface area contributed by atoms with Gasteiger partial charge in [-0.15, -0.1) is 0 Å². The molecule has 4 nitrogen and oxygen atoms in total. The first-order valence-corrected chi connectivity index (χ1v) is 8.09. The summed E-state index contributed by atoms with van der Waals surface area (Å²) in [4.78, 5) is 0. The van der Waals surface area contributed by atoms with E-state index in [0.717, 1.165) is 18.4 Å². The second-order valence-electron chi connectivity index (χ2n) is 5.01. The van der Waals surface area contributed by atoms with Crippen molar-refractivity contribution in [2.24, 2.45) is 0 Å². The van der Waals surface area contributed by atoms with Gasteiger partial charge in [-0.2, -0.15) is 0 Å². The lowest BCUT2D eigenvalue weighted by atomic mass is 9.96. The lowest BCUT2D eigenvalue weighted by molar-refractivity contribution is 0.00698. The van der Waals surface area contributed by atoms with Crippen LogP contribution < -0.4 is 4.72 Å². The van der Waals surface area contributed by atoms with Crippen molar-refractivity contribution in [3.8, 4) is 0 Å². The number of sulfonamides is 1. The van der Waals surface area contributed by atoms with Gasteiger partial charge in [-0.3, -0.25) is 0 Å². The smallest absolute Gasteiger partial charge is 0.214 e. The molecule has 0 amide bonds. The standard InChI is InChI=1S/C13H18ClNO3S/c1-13(18-2,10-4-3-5-11(14)8-10)9-15-19(16,17)12-6-7-12/h3-5,8,12,15H,6-7,9H2,1-2H3/t13-/m0/s1. The molecular weight excluding hydrogens is 286 g/mol. The SMILES string of the molecule is CO[C@@](C)(CNS(=O)(=O)C1CC1)c1cccc(Cl)c1. The molecule has 19 heavy (non-hydrogen) atoms. The number of methoxy groups -OCH3 is 1. The number of halogens is 1. The van der Waals surface area contributed by atoms with Gasteiger partial charge in [-0.05, 0) is 37.5 Å². The van der Waals surface area contributed by atoms with Crippen LogP contribution >= 0.6 is 11.6 Å². The summed E-state index contributed by atoms with van der Waals surface area (Å²) >= 11 is 5.96. The Morgan fingerprint density at radius 2 is 2.16 bits per heavy atom. The van der Waals surface area contributed by atoms with Gasteiger partial charge in [0.2, 0.25) is 10.0 Å². The highest BCUT2D eigenvalue weighted by atomic mass is 35.5. The fraction of sp³-hybridized carbons (Fsp3) is 0.538. The summed E-state index contributed by atoms with van der Waals surface area (Å²) < 4.78 is 31.8. The maximum atomic E-state index is 11.9. The molecule has 106 valence electrons. The molecule has 1 N–H and O–H groups in total. The number of hydrogen-bond donors (Lipinski definition) is 1. The molecule has 0 bridgehead atoms. The molecule has 1 aliphatic rings. The molecule has 0 unspecified atom stereocenters. The zero-order valence-electron chi connectivity index (χ0n) is 11.0. The van der Waals surface area contributed by atoms with Crippen LogP contribution in [0.4, 0.5) is 0 Å². The zero-order valence-corrected chi connectivity index (χ0v) is 12.6. The molecule has 1 aromatic rings. The average Bonchev–Trinajstić information content (AvgIpc) is 3.21. The quantitative estimate of drug-likeness (QED) is 0.877. The van der Waals surface area contributed by atoms with Crippen LogP contribution in [0.5, 0.6) is 0 Å². The van der Waals surface area contributed by atoms with Crippen molar-refractivity contribution in [3.63, 3.8) is 0 Å². The third-order valence-corrected chi connectivity index (χ3v) is 5.59. The summed E-state index contributed by atoms with van der Waals surface area (Å²) in [6.07, 6.45) is 1.49. The fourth-order valence-electron chi connectivity index (χ4n) is 1.84. The molecule has 2 rings (SSSR count). The minimum atomic E-state index is -3.21. The molecule has 1 aromatic carbocycles. The normalized spacial score (nSPS) is 19.1. The van der Waals surface area contributed by atoms with Crippen molar-refractivity contribution in [2.75, 3.05) is 13.7 Å². The highest BCUT2D eigenvalue weighted by molar-refractivity contribution is 7.90. The summed E-state index contributed by atoms with van der Waals surface area (Å²) in [5.74, 6) is 0. The van der Waals surface area contributed by atoms with E-state index in [-0.39, 0.29) is 11.8 Å². The van der Waals surface area contributed by atoms with Crippen molar-refractivity contribution in [1.82, 2.24) is 4.72 Å². The lowest BCUT2D eigenvalue weighted by Crippen LogP contribution is -2.41. The molecule has 0 aliphatic heterocycles. The van der Waals surface area contributed by atoms with E-state index >= 15 is 0 Å². The third-order valence-electron chi connectivity index (χ3n) is 3.46. The minimum Gasteiger partial charge on any atom is -0.372 e. The van der Waals surface area contributed by atoms with Crippen molar-refractivity contribution in [2.45, 2.75) is 30.6 Å². The fourth-order valence-corrected chi connectivity index (χ4v) is 3.50. The second kappa shape index (κ2) is 5.40. The topological polar surface area (TPSA) is 55.4 Å². The van der Waals surface area contributed by atoms with Gasteiger partial charge in [0.1, 0.15) is 5.60 Å². The predicted molar refractivity (Wildman–Crippen MR) is 75.8 cm³/mol. The maximum absolute atomic E-state index is 11.9. The van der Waals surface area contributed by atoms with Crippen molar-refractivity contribution in [3.05, 3.63) is 34.9 Å². The summed E-state index contributed by atoms with van der Waals surface area (Å²) in [5.41, 5.74) is 0.119. The maximum Gasteiger partial charge on any atom is 0.214 e. The third kappa shape index (κ3) is 3.48. The Kier molecular flexibility index (Phi) is 4.20. The molecule has 1 aliphatic carbocycles. The Hall–Kier alpha value is -0.620. The van der Waals surface area contributed by atoms with Gasteiger partial charge in [0.05, 0.1) is 5.25 Å². The average molecular weight is 304 g/mol. The Morgan fingerprint density at radius 1 is 1.47 bits per heavy atom. The molecule has 1 saturated carbocycles. The number of nitrogens with one attached hydrogen (secondary N) is 1. The zero-order chi connectivity index (χ0) is 14.1. The van der Waals surface area contributed by atoms with Crippen molar-refractivity contribution in [1.29, 1.82) is 0 Å². The van der Waals surface area contributed by atoms with Gasteiger partial charge in [-0.25, -0.2) is 13.1 Å². The van der Waals surface area contributed by atoms with Crippen LogP contribution in [0.15, 0.2) is 24.3 Å². The van der Waals surface area contributed by atoms with Gasteiger partial charge in [0, 0.05) is 18.7 Å². The Bertz CT molecular complexity index is 557. The van der Waals surface area contributed by atoms with E-state index in [1.165, 1.54) is 0 Å². The van der Waals surface area contributed by atoms with E-state index in [1.54, 1.807) is 19.2 Å². The summed E-state index contributed by atoms with van der Waals surface area (Å²) in [5, 5.41) is 0.374. The van der Waals surface area contributed by atoms with Gasteiger partial charge in [0.25, 0.3) is 0 Å². The van der Waals surface area contributed by atoms with Gasteiger partial charge < -0.3 is 4.74 Å². The molecule has 0 saturated heterocycles. The van der Waals surface area contributed by atoms with Crippen LogP contribution in [-0.4, -0.2) is 27.3 Å². The first kappa shape index (κ1) is 14.8. The number of ether oxygens (including phenoxy) is 1. The van der Waals surface area contributed by atoms with E-state index in [1.807, 2.05) is 19.1 Å². The number of hydrogen-bond acceptors (Lipinski definition) is 3. The summed E-state index contributed by atoms with van der Waals surface area (Å²) in [6, 6.07) is 7.26. The minimum absolute atomic E-state index is 0.197. The van der Waals surface area contributed by atoms with E-state index < -0.39 is 15.6 Å². The molecule has 0 heterocycles. The van der Waals surface area contributed by atoms with Gasteiger partial charge >= 0.3 is 0 Å². The number of rotatable bonds is 6. The van der Waals surface area contributed by atoms with Gasteiger partial charge in [-0.1, -0.05) is 23.7 Å². The highest BCUT2D eigenvalue weighted by Gasteiger charge is 2.37. The van der Waals surface area contributed by atoms with E-state index in [4.69, 9.17) is 16.3 Å².